The van der Waals surface area contributed by atoms with Crippen LogP contribution in [0.5, 0.6) is 0 Å². The topological polar surface area (TPSA) is 36.4 Å². The number of aliphatic hydroxyl groups is 1. The molecule has 4 heteroatoms. The van der Waals surface area contributed by atoms with Gasteiger partial charge in [0, 0.05) is 24.2 Å². The van der Waals surface area contributed by atoms with Gasteiger partial charge in [-0.2, -0.15) is 0 Å². The Balaban J connectivity index is 1.71. The van der Waals surface area contributed by atoms with Gasteiger partial charge in [0.15, 0.2) is 0 Å². The van der Waals surface area contributed by atoms with Gasteiger partial charge in [-0.3, -0.25) is 9.88 Å². The molecule has 32 heavy (non-hydrogen) atoms. The van der Waals surface area contributed by atoms with Gasteiger partial charge in [-0.15, -0.1) is 11.3 Å². The summed E-state index contributed by atoms with van der Waals surface area (Å²) in [5.41, 5.74) is 6.09. The molecule has 0 saturated carbocycles. The van der Waals surface area contributed by atoms with Gasteiger partial charge in [0.25, 0.3) is 0 Å². The molecule has 1 aliphatic heterocycles. The number of likely N-dealkylation sites (tertiary alicyclic amines) is 1. The lowest BCUT2D eigenvalue weighted by Gasteiger charge is -2.48. The fourth-order valence-electron chi connectivity index (χ4n) is 4.86. The molecule has 4 aromatic rings. The van der Waals surface area contributed by atoms with E-state index in [1.54, 1.807) is 11.3 Å². The van der Waals surface area contributed by atoms with Crippen LogP contribution in [0, 0.1) is 0 Å². The third kappa shape index (κ3) is 3.82. The standard InChI is InChI=1S/C28H26N2OS/c31-27-16-17-30(20-22(27)18-26-19-29-21-32-26)28(23-10-4-1-5-11-23,24-12-6-2-7-13-24)25-14-8-3-9-15-25/h1-15,18-19,21,27,31H,16-17,20H2. The third-order valence-corrected chi connectivity index (χ3v) is 7.02. The highest BCUT2D eigenvalue weighted by atomic mass is 32.1. The molecule has 1 aliphatic rings. The second-order valence-corrected chi connectivity index (χ2v) is 9.08. The number of thiazole rings is 1. The van der Waals surface area contributed by atoms with Gasteiger partial charge in [0.2, 0.25) is 0 Å². The second kappa shape index (κ2) is 9.21. The molecule has 2 heterocycles. The van der Waals surface area contributed by atoms with Crippen molar-refractivity contribution in [3.63, 3.8) is 0 Å². The van der Waals surface area contributed by atoms with Crippen molar-refractivity contribution >= 4 is 17.4 Å². The first-order chi connectivity index (χ1) is 15.8. The third-order valence-electron chi connectivity index (χ3n) is 6.30. The Bertz CT molecular complexity index is 1060. The van der Waals surface area contributed by atoms with E-state index in [1.165, 1.54) is 16.7 Å². The predicted octanol–water partition coefficient (Wildman–Crippen LogP) is 5.59. The van der Waals surface area contributed by atoms with E-state index in [2.05, 4.69) is 107 Å². The molecule has 1 fully saturated rings. The predicted molar refractivity (Wildman–Crippen MR) is 131 cm³/mol. The number of piperidine rings is 1. The summed E-state index contributed by atoms with van der Waals surface area (Å²) in [6.07, 6.45) is 4.23. The van der Waals surface area contributed by atoms with Crippen molar-refractivity contribution in [3.05, 3.63) is 130 Å². The number of hydrogen-bond donors (Lipinski definition) is 1. The summed E-state index contributed by atoms with van der Waals surface area (Å²) >= 11 is 1.60. The van der Waals surface area contributed by atoms with E-state index in [1.807, 2.05) is 11.7 Å². The van der Waals surface area contributed by atoms with Crippen molar-refractivity contribution in [2.24, 2.45) is 0 Å². The largest absolute Gasteiger partial charge is 0.389 e. The monoisotopic (exact) mass is 438 g/mol. The van der Waals surface area contributed by atoms with Gasteiger partial charge in [0.1, 0.15) is 0 Å². The van der Waals surface area contributed by atoms with Crippen LogP contribution in [-0.2, 0) is 5.54 Å². The van der Waals surface area contributed by atoms with Gasteiger partial charge in [-0.05, 0) is 34.8 Å². The summed E-state index contributed by atoms with van der Waals surface area (Å²) in [6.45, 7) is 1.47. The van der Waals surface area contributed by atoms with Crippen molar-refractivity contribution in [3.8, 4) is 0 Å². The van der Waals surface area contributed by atoms with E-state index < -0.39 is 11.6 Å². The lowest BCUT2D eigenvalue weighted by atomic mass is 9.74. The number of aromatic nitrogens is 1. The molecule has 0 spiro atoms. The minimum atomic E-state index is -0.462. The van der Waals surface area contributed by atoms with Crippen LogP contribution in [0.3, 0.4) is 0 Å². The first kappa shape index (κ1) is 20.8. The summed E-state index contributed by atoms with van der Waals surface area (Å²) < 4.78 is 0. The molecule has 1 saturated heterocycles. The van der Waals surface area contributed by atoms with Crippen molar-refractivity contribution in [2.75, 3.05) is 13.1 Å². The molecule has 3 aromatic carbocycles. The van der Waals surface area contributed by atoms with Crippen LogP contribution in [0.25, 0.3) is 6.08 Å². The average molecular weight is 439 g/mol. The number of benzene rings is 3. The van der Waals surface area contributed by atoms with Crippen LogP contribution >= 0.6 is 11.3 Å². The molecule has 1 aromatic heterocycles. The minimum Gasteiger partial charge on any atom is -0.389 e. The molecule has 0 amide bonds. The molecule has 1 unspecified atom stereocenters. The fraction of sp³-hybridized carbons (Fsp3) is 0.179. The molecule has 0 aliphatic carbocycles. The van der Waals surface area contributed by atoms with E-state index in [9.17, 15) is 5.11 Å². The number of rotatable bonds is 5. The SMILES string of the molecule is OC1CCN(C(c2ccccc2)(c2ccccc2)c2ccccc2)CC1=Cc1cncs1. The van der Waals surface area contributed by atoms with Crippen LogP contribution in [0.1, 0.15) is 28.0 Å². The molecule has 160 valence electrons. The summed E-state index contributed by atoms with van der Waals surface area (Å²) in [4.78, 5) is 7.80. The normalized spacial score (nSPS) is 18.7. The first-order valence-corrected chi connectivity index (χ1v) is 11.8. The van der Waals surface area contributed by atoms with Crippen molar-refractivity contribution in [2.45, 2.75) is 18.1 Å². The van der Waals surface area contributed by atoms with E-state index in [0.29, 0.717) is 13.0 Å². The van der Waals surface area contributed by atoms with E-state index >= 15 is 0 Å². The molecule has 0 radical (unpaired) electrons. The molecule has 3 nitrogen and oxygen atoms in total. The minimum absolute atomic E-state index is 0.437. The Labute approximate surface area is 193 Å². The maximum Gasteiger partial charge on any atom is 0.0975 e. The molecule has 1 atom stereocenters. The fourth-order valence-corrected chi connectivity index (χ4v) is 5.45. The summed E-state index contributed by atoms with van der Waals surface area (Å²) in [5, 5.41) is 10.9. The Morgan fingerprint density at radius 2 is 1.38 bits per heavy atom. The molecule has 5 rings (SSSR count). The highest BCUT2D eigenvalue weighted by molar-refractivity contribution is 7.10. The highest BCUT2D eigenvalue weighted by Gasteiger charge is 2.44. The van der Waals surface area contributed by atoms with Crippen LogP contribution in [0.2, 0.25) is 0 Å². The number of nitrogens with zero attached hydrogens (tertiary/aromatic N) is 2. The van der Waals surface area contributed by atoms with Crippen molar-refractivity contribution in [1.82, 2.24) is 9.88 Å². The Morgan fingerprint density at radius 3 is 1.84 bits per heavy atom. The number of aliphatic hydroxyl groups excluding tert-OH is 1. The van der Waals surface area contributed by atoms with Crippen molar-refractivity contribution in [1.29, 1.82) is 0 Å². The summed E-state index contributed by atoms with van der Waals surface area (Å²) in [5.74, 6) is 0. The number of hydrogen-bond acceptors (Lipinski definition) is 4. The molecule has 0 bridgehead atoms. The van der Waals surface area contributed by atoms with E-state index in [4.69, 9.17) is 0 Å². The molecule has 1 N–H and O–H groups in total. The second-order valence-electron chi connectivity index (χ2n) is 8.16. The van der Waals surface area contributed by atoms with Gasteiger partial charge in [-0.25, -0.2) is 0 Å². The van der Waals surface area contributed by atoms with Gasteiger partial charge >= 0.3 is 0 Å². The molecular weight excluding hydrogens is 412 g/mol. The quantitative estimate of drug-likeness (QED) is 0.413. The van der Waals surface area contributed by atoms with Crippen LogP contribution in [-0.4, -0.2) is 34.2 Å². The maximum atomic E-state index is 10.9. The maximum absolute atomic E-state index is 10.9. The summed E-state index contributed by atoms with van der Waals surface area (Å²) in [7, 11) is 0. The van der Waals surface area contributed by atoms with Gasteiger partial charge in [-0.1, -0.05) is 91.0 Å². The van der Waals surface area contributed by atoms with Gasteiger partial charge < -0.3 is 5.11 Å². The zero-order chi connectivity index (χ0) is 21.8. The highest BCUT2D eigenvalue weighted by Crippen LogP contribution is 2.44. The lowest BCUT2D eigenvalue weighted by molar-refractivity contribution is 0.0872. The smallest absolute Gasteiger partial charge is 0.0975 e. The van der Waals surface area contributed by atoms with Crippen LogP contribution < -0.4 is 0 Å². The average Bonchev–Trinajstić information content (AvgIpc) is 3.37. The van der Waals surface area contributed by atoms with Gasteiger partial charge in [0.05, 0.1) is 17.2 Å². The van der Waals surface area contributed by atoms with Crippen LogP contribution in [0.4, 0.5) is 0 Å². The summed E-state index contributed by atoms with van der Waals surface area (Å²) in [6, 6.07) is 32.2. The Kier molecular flexibility index (Phi) is 5.99. The Hall–Kier alpha value is -3.05. The van der Waals surface area contributed by atoms with Crippen molar-refractivity contribution < 1.29 is 5.11 Å². The zero-order valence-electron chi connectivity index (χ0n) is 17.8. The van der Waals surface area contributed by atoms with E-state index in [-0.39, 0.29) is 0 Å². The zero-order valence-corrected chi connectivity index (χ0v) is 18.7. The van der Waals surface area contributed by atoms with E-state index in [0.717, 1.165) is 17.0 Å². The molecular formula is C28H26N2OS. The Morgan fingerprint density at radius 1 is 0.844 bits per heavy atom. The first-order valence-electron chi connectivity index (χ1n) is 11.0. The lowest BCUT2D eigenvalue weighted by Crippen LogP contribution is -2.52. The van der Waals surface area contributed by atoms with Crippen LogP contribution in [0.15, 0.2) is 108 Å².